The van der Waals surface area contributed by atoms with Gasteiger partial charge >= 0.3 is 0 Å². The number of rotatable bonds is 3. The highest BCUT2D eigenvalue weighted by Gasteiger charge is 2.15. The predicted octanol–water partition coefficient (Wildman–Crippen LogP) is 3.10. The lowest BCUT2D eigenvalue weighted by Gasteiger charge is -2.10. The van der Waals surface area contributed by atoms with Crippen LogP contribution in [0.4, 0.5) is 0 Å². The van der Waals surface area contributed by atoms with Gasteiger partial charge in [0.25, 0.3) is 5.56 Å². The van der Waals surface area contributed by atoms with E-state index in [4.69, 9.17) is 16.2 Å². The minimum atomic E-state index is -0.232. The molecule has 0 fully saturated rings. The topological polar surface area (TPSA) is 91.1 Å². The second kappa shape index (κ2) is 6.28. The first-order valence-corrected chi connectivity index (χ1v) is 8.91. The quantitative estimate of drug-likeness (QED) is 0.468. The van der Waals surface area contributed by atoms with E-state index in [1.54, 1.807) is 28.8 Å². The Morgan fingerprint density at radius 1 is 1.04 bits per heavy atom. The maximum absolute atomic E-state index is 13.0. The normalized spacial score (nSPS) is 11.5. The molecule has 5 aromatic rings. The molecule has 0 aliphatic heterocycles. The van der Waals surface area contributed by atoms with Crippen molar-refractivity contribution in [1.82, 2.24) is 29.7 Å². The van der Waals surface area contributed by atoms with E-state index in [1.165, 1.54) is 4.68 Å². The number of hydrogen-bond donors (Lipinski definition) is 0. The van der Waals surface area contributed by atoms with Gasteiger partial charge in [-0.2, -0.15) is 5.10 Å². The van der Waals surface area contributed by atoms with E-state index >= 15 is 0 Å². The molecule has 0 atom stereocenters. The Kier molecular flexibility index (Phi) is 3.73. The zero-order valence-corrected chi connectivity index (χ0v) is 15.5. The fourth-order valence-corrected chi connectivity index (χ4v) is 3.35. The summed E-state index contributed by atoms with van der Waals surface area (Å²) in [6.45, 7) is 2.11. The molecule has 0 saturated heterocycles. The van der Waals surface area contributed by atoms with Crippen molar-refractivity contribution >= 4 is 28.2 Å². The Morgan fingerprint density at radius 2 is 1.89 bits per heavy atom. The molecule has 3 aromatic heterocycles. The Balaban J connectivity index is 1.70. The van der Waals surface area contributed by atoms with Gasteiger partial charge in [0.2, 0.25) is 0 Å². The van der Waals surface area contributed by atoms with Gasteiger partial charge in [-0.3, -0.25) is 4.79 Å². The van der Waals surface area contributed by atoms with E-state index in [-0.39, 0.29) is 12.1 Å². The van der Waals surface area contributed by atoms with Crippen molar-refractivity contribution in [3.05, 3.63) is 75.2 Å². The van der Waals surface area contributed by atoms with Crippen LogP contribution in [0.2, 0.25) is 5.02 Å². The van der Waals surface area contributed by atoms with Crippen molar-refractivity contribution in [1.29, 1.82) is 0 Å². The highest BCUT2D eigenvalue weighted by atomic mass is 35.5. The molecular weight excluding hydrogens is 380 g/mol. The number of nitrogens with zero attached hydrogens (tertiary/aromatic N) is 6. The summed E-state index contributed by atoms with van der Waals surface area (Å²) in [5, 5.41) is 17.2. The van der Waals surface area contributed by atoms with Gasteiger partial charge in [-0.25, -0.2) is 13.8 Å². The largest absolute Gasteiger partial charge is 0.293 e. The van der Waals surface area contributed by atoms with E-state index in [1.807, 2.05) is 31.2 Å². The van der Waals surface area contributed by atoms with Gasteiger partial charge in [0.1, 0.15) is 16.6 Å². The van der Waals surface area contributed by atoms with Gasteiger partial charge in [0, 0.05) is 10.6 Å². The predicted molar refractivity (Wildman–Crippen MR) is 103 cm³/mol. The molecule has 138 valence electrons. The second-order valence-electron chi connectivity index (χ2n) is 6.47. The van der Waals surface area contributed by atoms with Crippen LogP contribution in [-0.4, -0.2) is 29.7 Å². The molecule has 0 saturated carbocycles. The number of aromatic nitrogens is 6. The van der Waals surface area contributed by atoms with Crippen LogP contribution in [-0.2, 0) is 6.54 Å². The number of aryl methyl sites for hydroxylation is 1. The molecule has 0 radical (unpaired) electrons. The van der Waals surface area contributed by atoms with Crippen molar-refractivity contribution < 1.29 is 4.63 Å². The minimum absolute atomic E-state index is 0.232. The number of benzene rings is 2. The molecule has 0 amide bonds. The van der Waals surface area contributed by atoms with E-state index in [0.717, 1.165) is 16.8 Å². The average Bonchev–Trinajstić information content (AvgIpc) is 3.30. The standard InChI is InChI=1S/C19H13ClN6O2/c1-11-7-17-19(27)25(10-12-5-6-15-16(8-12)24-28-23-15)22-18(26(17)21-11)13-3-2-4-14(20)9-13/h2-9H,10H2,1H3. The molecule has 28 heavy (non-hydrogen) atoms. The van der Waals surface area contributed by atoms with Crippen molar-refractivity contribution in [2.45, 2.75) is 13.5 Å². The summed E-state index contributed by atoms with van der Waals surface area (Å²) in [5.41, 5.74) is 3.86. The van der Waals surface area contributed by atoms with Crippen molar-refractivity contribution in [2.24, 2.45) is 0 Å². The summed E-state index contributed by atoms with van der Waals surface area (Å²) < 4.78 is 7.71. The van der Waals surface area contributed by atoms with Crippen LogP contribution < -0.4 is 5.56 Å². The van der Waals surface area contributed by atoms with Crippen molar-refractivity contribution in [2.75, 3.05) is 0 Å². The molecule has 8 nitrogen and oxygen atoms in total. The van der Waals surface area contributed by atoms with Gasteiger partial charge in [0.05, 0.1) is 12.2 Å². The monoisotopic (exact) mass is 392 g/mol. The second-order valence-corrected chi connectivity index (χ2v) is 6.90. The van der Waals surface area contributed by atoms with Gasteiger partial charge < -0.3 is 0 Å². The lowest BCUT2D eigenvalue weighted by atomic mass is 10.2. The summed E-state index contributed by atoms with van der Waals surface area (Å²) >= 11 is 6.15. The summed E-state index contributed by atoms with van der Waals surface area (Å²) in [6, 6.07) is 14.5. The fraction of sp³-hybridized carbons (Fsp3) is 0.105. The van der Waals surface area contributed by atoms with E-state index in [9.17, 15) is 4.79 Å². The van der Waals surface area contributed by atoms with Crippen LogP contribution in [0.15, 0.2) is 58.0 Å². The lowest BCUT2D eigenvalue weighted by molar-refractivity contribution is 0.315. The zero-order valence-electron chi connectivity index (χ0n) is 14.7. The molecule has 5 rings (SSSR count). The Labute approximate surface area is 162 Å². The van der Waals surface area contributed by atoms with Crippen LogP contribution in [0, 0.1) is 6.92 Å². The van der Waals surface area contributed by atoms with Crippen molar-refractivity contribution in [3.8, 4) is 11.4 Å². The average molecular weight is 393 g/mol. The molecule has 0 spiro atoms. The van der Waals surface area contributed by atoms with Gasteiger partial charge in [-0.15, -0.1) is 5.10 Å². The first-order chi connectivity index (χ1) is 13.6. The van der Waals surface area contributed by atoms with Crippen LogP contribution in [0.3, 0.4) is 0 Å². The molecule has 0 unspecified atom stereocenters. The van der Waals surface area contributed by atoms with Gasteiger partial charge in [-0.05, 0) is 53.1 Å². The maximum atomic E-state index is 13.0. The maximum Gasteiger partial charge on any atom is 0.293 e. The Morgan fingerprint density at radius 3 is 2.75 bits per heavy atom. The lowest BCUT2D eigenvalue weighted by Crippen LogP contribution is -2.26. The number of halogens is 1. The first-order valence-electron chi connectivity index (χ1n) is 8.53. The van der Waals surface area contributed by atoms with Gasteiger partial charge in [0.15, 0.2) is 5.82 Å². The van der Waals surface area contributed by atoms with E-state index in [2.05, 4.69) is 20.5 Å². The SMILES string of the molecule is Cc1cc2c(=O)n(Cc3ccc4nonc4c3)nc(-c3cccc(Cl)c3)n2n1. The third-order valence-corrected chi connectivity index (χ3v) is 4.67. The smallest absolute Gasteiger partial charge is 0.265 e. The third kappa shape index (κ3) is 2.74. The highest BCUT2D eigenvalue weighted by Crippen LogP contribution is 2.21. The van der Waals surface area contributed by atoms with Crippen LogP contribution >= 0.6 is 11.6 Å². The molecule has 0 aliphatic carbocycles. The summed E-state index contributed by atoms with van der Waals surface area (Å²) in [4.78, 5) is 13.0. The molecule has 2 aromatic carbocycles. The fourth-order valence-electron chi connectivity index (χ4n) is 3.16. The summed E-state index contributed by atoms with van der Waals surface area (Å²) in [7, 11) is 0. The molecule has 9 heteroatoms. The van der Waals surface area contributed by atoms with Crippen LogP contribution in [0.25, 0.3) is 27.9 Å². The Bertz CT molecular complexity index is 1400. The third-order valence-electron chi connectivity index (χ3n) is 4.43. The number of hydrogen-bond acceptors (Lipinski definition) is 6. The highest BCUT2D eigenvalue weighted by molar-refractivity contribution is 6.30. The first kappa shape index (κ1) is 16.6. The minimum Gasteiger partial charge on any atom is -0.265 e. The van der Waals surface area contributed by atoms with Gasteiger partial charge in [-0.1, -0.05) is 29.8 Å². The van der Waals surface area contributed by atoms with Crippen LogP contribution in [0.5, 0.6) is 0 Å². The molecule has 0 aliphatic rings. The zero-order chi connectivity index (χ0) is 19.3. The van der Waals surface area contributed by atoms with Crippen molar-refractivity contribution in [3.63, 3.8) is 0 Å². The molecule has 0 N–H and O–H groups in total. The summed E-state index contributed by atoms with van der Waals surface area (Å²) in [5.74, 6) is 0.536. The molecule has 0 bridgehead atoms. The van der Waals surface area contributed by atoms with Crippen LogP contribution in [0.1, 0.15) is 11.3 Å². The summed E-state index contributed by atoms with van der Waals surface area (Å²) in [6.07, 6.45) is 0. The van der Waals surface area contributed by atoms with E-state index in [0.29, 0.717) is 27.4 Å². The Hall–Kier alpha value is -3.52. The molecular formula is C19H13ClN6O2. The molecule has 3 heterocycles. The number of fused-ring (bicyclic) bond motifs is 2. The van der Waals surface area contributed by atoms with E-state index < -0.39 is 0 Å².